The lowest BCUT2D eigenvalue weighted by atomic mass is 9.99. The molecule has 18 heavy (non-hydrogen) atoms. The standard InChI is InChI=1S/C11H20O7/c1-6(2-3-12)5-17-11-10(16)9(15)8(14)7(4-13)18-11/h2,7-16H,3-5H2,1H3/b6-2-/t7-,8-,9+,10-,11-/m1/s1. The molecular formula is C11H20O7. The molecule has 5 N–H and O–H groups in total. The Labute approximate surface area is 105 Å². The average Bonchev–Trinajstić information content (AvgIpc) is 2.35. The molecule has 1 rings (SSSR count). The van der Waals surface area contributed by atoms with E-state index in [2.05, 4.69) is 0 Å². The second-order valence-corrected chi connectivity index (χ2v) is 4.24. The molecule has 0 radical (unpaired) electrons. The third-order valence-electron chi connectivity index (χ3n) is 2.76. The molecule has 0 amide bonds. The first-order valence-corrected chi connectivity index (χ1v) is 5.69. The van der Waals surface area contributed by atoms with Gasteiger partial charge in [-0.15, -0.1) is 0 Å². The lowest BCUT2D eigenvalue weighted by Crippen LogP contribution is -2.59. The summed E-state index contributed by atoms with van der Waals surface area (Å²) in [5.74, 6) is 0. The van der Waals surface area contributed by atoms with E-state index in [0.717, 1.165) is 5.57 Å². The van der Waals surface area contributed by atoms with Crippen LogP contribution in [0.2, 0.25) is 0 Å². The molecule has 0 bridgehead atoms. The first-order chi connectivity index (χ1) is 8.51. The van der Waals surface area contributed by atoms with Crippen LogP contribution >= 0.6 is 0 Å². The van der Waals surface area contributed by atoms with E-state index in [1.54, 1.807) is 6.92 Å². The van der Waals surface area contributed by atoms with Gasteiger partial charge in [0.25, 0.3) is 0 Å². The van der Waals surface area contributed by atoms with E-state index >= 15 is 0 Å². The van der Waals surface area contributed by atoms with Crippen molar-refractivity contribution in [1.29, 1.82) is 0 Å². The van der Waals surface area contributed by atoms with Gasteiger partial charge in [-0.3, -0.25) is 0 Å². The molecule has 1 aliphatic heterocycles. The summed E-state index contributed by atoms with van der Waals surface area (Å²) in [5.41, 5.74) is 0.731. The van der Waals surface area contributed by atoms with Gasteiger partial charge in [0.15, 0.2) is 6.29 Å². The van der Waals surface area contributed by atoms with Crippen molar-refractivity contribution in [2.45, 2.75) is 37.6 Å². The minimum absolute atomic E-state index is 0.100. The highest BCUT2D eigenvalue weighted by Gasteiger charge is 2.43. The molecular weight excluding hydrogens is 244 g/mol. The van der Waals surface area contributed by atoms with Crippen molar-refractivity contribution < 1.29 is 35.0 Å². The summed E-state index contributed by atoms with van der Waals surface area (Å²) in [7, 11) is 0. The second kappa shape index (κ2) is 7.15. The molecule has 0 saturated carbocycles. The fourth-order valence-electron chi connectivity index (χ4n) is 1.63. The molecule has 7 heteroatoms. The van der Waals surface area contributed by atoms with Gasteiger partial charge in [0, 0.05) is 0 Å². The van der Waals surface area contributed by atoms with Crippen molar-refractivity contribution in [3.8, 4) is 0 Å². The predicted octanol–water partition coefficient (Wildman–Crippen LogP) is -2.26. The maximum atomic E-state index is 9.65. The van der Waals surface area contributed by atoms with E-state index in [1.165, 1.54) is 6.08 Å². The molecule has 106 valence electrons. The maximum absolute atomic E-state index is 9.65. The molecule has 1 heterocycles. The Bertz CT molecular complexity index is 279. The van der Waals surface area contributed by atoms with E-state index < -0.39 is 37.3 Å². The van der Waals surface area contributed by atoms with Crippen LogP contribution in [0.15, 0.2) is 11.6 Å². The van der Waals surface area contributed by atoms with Gasteiger partial charge in [0.1, 0.15) is 24.4 Å². The summed E-state index contributed by atoms with van der Waals surface area (Å²) in [6.07, 6.45) is -4.81. The van der Waals surface area contributed by atoms with Gasteiger partial charge in [-0.25, -0.2) is 0 Å². The number of rotatable bonds is 5. The van der Waals surface area contributed by atoms with Crippen LogP contribution in [0.3, 0.4) is 0 Å². The smallest absolute Gasteiger partial charge is 0.187 e. The third-order valence-corrected chi connectivity index (χ3v) is 2.76. The molecule has 0 aliphatic carbocycles. The van der Waals surface area contributed by atoms with Crippen LogP contribution in [0.4, 0.5) is 0 Å². The SMILES string of the molecule is C/C(=C/CO)CO[C@@H]1O[C@H](CO)[C@@H](O)[C@H](O)[C@H]1O. The largest absolute Gasteiger partial charge is 0.394 e. The normalized spacial score (nSPS) is 37.9. The number of aliphatic hydroxyl groups is 5. The van der Waals surface area contributed by atoms with Gasteiger partial charge in [-0.2, -0.15) is 0 Å². The Balaban J connectivity index is 2.56. The topological polar surface area (TPSA) is 120 Å². The summed E-state index contributed by atoms with van der Waals surface area (Å²) in [6, 6.07) is 0. The average molecular weight is 264 g/mol. The zero-order chi connectivity index (χ0) is 13.7. The summed E-state index contributed by atoms with van der Waals surface area (Å²) >= 11 is 0. The van der Waals surface area contributed by atoms with Gasteiger partial charge >= 0.3 is 0 Å². The zero-order valence-corrected chi connectivity index (χ0v) is 10.1. The maximum Gasteiger partial charge on any atom is 0.187 e. The van der Waals surface area contributed by atoms with Gasteiger partial charge < -0.3 is 35.0 Å². The van der Waals surface area contributed by atoms with Crippen LogP contribution in [0.1, 0.15) is 6.92 Å². The van der Waals surface area contributed by atoms with Gasteiger partial charge in [-0.1, -0.05) is 6.08 Å². The quantitative estimate of drug-likeness (QED) is 0.355. The zero-order valence-electron chi connectivity index (χ0n) is 10.1. The van der Waals surface area contributed by atoms with Crippen molar-refractivity contribution in [1.82, 2.24) is 0 Å². The van der Waals surface area contributed by atoms with Crippen LogP contribution in [0, 0.1) is 0 Å². The second-order valence-electron chi connectivity index (χ2n) is 4.24. The molecule has 0 aromatic carbocycles. The lowest BCUT2D eigenvalue weighted by molar-refractivity contribution is -0.299. The highest BCUT2D eigenvalue weighted by Crippen LogP contribution is 2.22. The van der Waals surface area contributed by atoms with Crippen molar-refractivity contribution >= 4 is 0 Å². The van der Waals surface area contributed by atoms with Gasteiger partial charge in [0.2, 0.25) is 0 Å². The van der Waals surface area contributed by atoms with Crippen molar-refractivity contribution in [2.24, 2.45) is 0 Å². The van der Waals surface area contributed by atoms with Crippen LogP contribution in [-0.2, 0) is 9.47 Å². The van der Waals surface area contributed by atoms with E-state index in [0.29, 0.717) is 0 Å². The number of hydrogen-bond acceptors (Lipinski definition) is 7. The first-order valence-electron chi connectivity index (χ1n) is 5.69. The van der Waals surface area contributed by atoms with Crippen molar-refractivity contribution in [3.05, 3.63) is 11.6 Å². The molecule has 1 saturated heterocycles. The molecule has 5 atom stereocenters. The van der Waals surface area contributed by atoms with E-state index in [4.69, 9.17) is 19.7 Å². The van der Waals surface area contributed by atoms with Crippen LogP contribution in [-0.4, -0.2) is 76.1 Å². The Hall–Kier alpha value is -0.540. The minimum Gasteiger partial charge on any atom is -0.394 e. The van der Waals surface area contributed by atoms with Gasteiger partial charge in [0.05, 0.1) is 19.8 Å². The summed E-state index contributed by atoms with van der Waals surface area (Å²) in [5, 5.41) is 46.3. The molecule has 1 fully saturated rings. The lowest BCUT2D eigenvalue weighted by Gasteiger charge is -2.39. The molecule has 0 spiro atoms. The number of hydrogen-bond donors (Lipinski definition) is 5. The molecule has 0 unspecified atom stereocenters. The van der Waals surface area contributed by atoms with Gasteiger partial charge in [-0.05, 0) is 12.5 Å². The molecule has 0 aromatic heterocycles. The highest BCUT2D eigenvalue weighted by molar-refractivity contribution is 4.98. The highest BCUT2D eigenvalue weighted by atomic mass is 16.7. The van der Waals surface area contributed by atoms with Crippen molar-refractivity contribution in [3.63, 3.8) is 0 Å². The Morgan fingerprint density at radius 1 is 1.17 bits per heavy atom. The number of ether oxygens (including phenoxy) is 2. The summed E-state index contributed by atoms with van der Waals surface area (Å²) in [4.78, 5) is 0. The van der Waals surface area contributed by atoms with Crippen LogP contribution in [0.5, 0.6) is 0 Å². The minimum atomic E-state index is -1.44. The van der Waals surface area contributed by atoms with E-state index in [9.17, 15) is 15.3 Å². The monoisotopic (exact) mass is 264 g/mol. The van der Waals surface area contributed by atoms with Crippen LogP contribution < -0.4 is 0 Å². The fourth-order valence-corrected chi connectivity index (χ4v) is 1.63. The van der Waals surface area contributed by atoms with Crippen LogP contribution in [0.25, 0.3) is 0 Å². The van der Waals surface area contributed by atoms with Crippen molar-refractivity contribution in [2.75, 3.05) is 19.8 Å². The third kappa shape index (κ3) is 3.72. The fraction of sp³-hybridized carbons (Fsp3) is 0.818. The predicted molar refractivity (Wildman–Crippen MR) is 60.6 cm³/mol. The Kier molecular flexibility index (Phi) is 6.16. The number of aliphatic hydroxyl groups excluding tert-OH is 5. The summed E-state index contributed by atoms with van der Waals surface area (Å²) in [6.45, 7) is 1.21. The first kappa shape index (κ1) is 15.5. The van der Waals surface area contributed by atoms with E-state index in [-0.39, 0.29) is 13.2 Å². The summed E-state index contributed by atoms with van der Waals surface area (Å²) < 4.78 is 10.4. The molecule has 1 aliphatic rings. The molecule has 0 aromatic rings. The Morgan fingerprint density at radius 3 is 2.39 bits per heavy atom. The van der Waals surface area contributed by atoms with E-state index in [1.807, 2.05) is 0 Å². The Morgan fingerprint density at radius 2 is 1.83 bits per heavy atom. The molecule has 7 nitrogen and oxygen atoms in total.